The van der Waals surface area contributed by atoms with E-state index < -0.39 is 18.4 Å². The highest BCUT2D eigenvalue weighted by Gasteiger charge is 2.49. The Balaban J connectivity index is 1.50. The highest BCUT2D eigenvalue weighted by molar-refractivity contribution is 5.96. The number of alkyl halides is 2. The van der Waals surface area contributed by atoms with Crippen LogP contribution in [-0.2, 0) is 4.79 Å². The summed E-state index contributed by atoms with van der Waals surface area (Å²) in [5.41, 5.74) is 5.73. The van der Waals surface area contributed by atoms with E-state index >= 15 is 0 Å². The lowest BCUT2D eigenvalue weighted by Crippen LogP contribution is -2.73. The van der Waals surface area contributed by atoms with Crippen molar-refractivity contribution in [3.63, 3.8) is 0 Å². The number of halogens is 2. The first-order chi connectivity index (χ1) is 10.9. The van der Waals surface area contributed by atoms with E-state index in [-0.39, 0.29) is 19.0 Å². The number of fused-ring (bicyclic) bond motifs is 1. The van der Waals surface area contributed by atoms with Gasteiger partial charge in [0.05, 0.1) is 24.4 Å². The van der Waals surface area contributed by atoms with Gasteiger partial charge in [0, 0.05) is 6.20 Å². The van der Waals surface area contributed by atoms with Crippen molar-refractivity contribution in [1.82, 2.24) is 21.0 Å². The summed E-state index contributed by atoms with van der Waals surface area (Å²) >= 11 is 0. The fourth-order valence-corrected chi connectivity index (χ4v) is 3.08. The van der Waals surface area contributed by atoms with Gasteiger partial charge < -0.3 is 5.32 Å². The fourth-order valence-electron chi connectivity index (χ4n) is 3.08. The van der Waals surface area contributed by atoms with E-state index in [1.807, 2.05) is 31.2 Å². The molecule has 0 aliphatic carbocycles. The van der Waals surface area contributed by atoms with Gasteiger partial charge in [-0.05, 0) is 18.6 Å². The number of carbonyl (C=O) groups is 1. The summed E-state index contributed by atoms with van der Waals surface area (Å²) in [6, 6.07) is 7.79. The number of carbonyl (C=O) groups excluding carboxylic acids is 1. The van der Waals surface area contributed by atoms with E-state index in [9.17, 15) is 13.6 Å². The number of para-hydroxylation sites is 1. The van der Waals surface area contributed by atoms with Gasteiger partial charge in [0.2, 0.25) is 0 Å². The number of benzene rings is 1. The Kier molecular flexibility index (Phi) is 3.15. The summed E-state index contributed by atoms with van der Waals surface area (Å²) < 4.78 is 26.0. The summed E-state index contributed by atoms with van der Waals surface area (Å²) in [7, 11) is 0. The van der Waals surface area contributed by atoms with E-state index in [2.05, 4.69) is 16.1 Å². The number of likely N-dealkylation sites (tertiary alicyclic amines) is 1. The van der Waals surface area contributed by atoms with Crippen LogP contribution in [0.5, 0.6) is 0 Å². The lowest BCUT2D eigenvalue weighted by molar-refractivity contribution is -0.162. The Labute approximate surface area is 132 Å². The van der Waals surface area contributed by atoms with Gasteiger partial charge in [-0.15, -0.1) is 0 Å². The van der Waals surface area contributed by atoms with E-state index in [0.717, 1.165) is 11.3 Å². The number of aryl methyl sites for hydroxylation is 1. The van der Waals surface area contributed by atoms with Crippen LogP contribution in [0, 0.1) is 6.92 Å². The normalized spacial score (nSPS) is 29.6. The smallest absolute Gasteiger partial charge is 0.273 e. The lowest BCUT2D eigenvalue weighted by atomic mass is 10.1. The molecule has 4 rings (SSSR count). The van der Waals surface area contributed by atoms with E-state index in [1.165, 1.54) is 4.90 Å². The summed E-state index contributed by atoms with van der Waals surface area (Å²) in [6.45, 7) is 1.28. The van der Waals surface area contributed by atoms with Gasteiger partial charge in [0.1, 0.15) is 12.5 Å². The first-order valence-corrected chi connectivity index (χ1v) is 7.44. The van der Waals surface area contributed by atoms with Gasteiger partial charge in [-0.25, -0.2) is 14.2 Å². The van der Waals surface area contributed by atoms with E-state index in [1.54, 1.807) is 11.2 Å². The first-order valence-electron chi connectivity index (χ1n) is 7.44. The summed E-state index contributed by atoms with van der Waals surface area (Å²) in [4.78, 5) is 13.8. The Morgan fingerprint density at radius 3 is 2.70 bits per heavy atom. The van der Waals surface area contributed by atoms with Gasteiger partial charge in [-0.2, -0.15) is 0 Å². The molecular weight excluding hydrogens is 304 g/mol. The number of amides is 1. The quantitative estimate of drug-likeness (QED) is 0.740. The highest BCUT2D eigenvalue weighted by Crippen LogP contribution is 2.30. The molecule has 0 saturated carbocycles. The summed E-state index contributed by atoms with van der Waals surface area (Å²) in [6.07, 6.45) is 0.743. The second-order valence-electron chi connectivity index (χ2n) is 6.11. The van der Waals surface area contributed by atoms with Crippen LogP contribution < -0.4 is 21.1 Å². The second-order valence-corrected chi connectivity index (χ2v) is 6.11. The molecule has 0 spiro atoms. The second kappa shape index (κ2) is 4.98. The standard InChI is InChI=1S/C15H17F2N5O/c1-9-4-2-3-5-11(9)22-6-10-12(20-22)18-14(19-13(10)23)21-7-15(16,17)8-21/h2-6,12,14,18,20H,7-8H2,1H3,(H,19,23). The molecule has 2 unspecified atom stereocenters. The van der Waals surface area contributed by atoms with Crippen LogP contribution in [0.3, 0.4) is 0 Å². The molecule has 1 aromatic rings. The van der Waals surface area contributed by atoms with Crippen molar-refractivity contribution in [3.8, 4) is 0 Å². The molecule has 0 bridgehead atoms. The van der Waals surface area contributed by atoms with Gasteiger partial charge in [-0.3, -0.25) is 20.0 Å². The molecule has 1 aromatic carbocycles. The maximum Gasteiger partial charge on any atom is 0.273 e. The van der Waals surface area contributed by atoms with Crippen molar-refractivity contribution in [3.05, 3.63) is 41.6 Å². The summed E-state index contributed by atoms with van der Waals surface area (Å²) in [5.74, 6) is -2.92. The lowest BCUT2D eigenvalue weighted by Gasteiger charge is -2.46. The van der Waals surface area contributed by atoms with Crippen LogP contribution in [0.4, 0.5) is 14.5 Å². The maximum absolute atomic E-state index is 13.0. The third-order valence-electron chi connectivity index (χ3n) is 4.31. The predicted molar refractivity (Wildman–Crippen MR) is 80.3 cm³/mol. The number of rotatable bonds is 2. The van der Waals surface area contributed by atoms with Crippen molar-refractivity contribution in [1.29, 1.82) is 0 Å². The SMILES string of the molecule is Cc1ccccc1N1C=C2C(=O)NC(N3CC(F)(F)C3)NC2N1. The molecule has 0 aromatic heterocycles. The Hall–Kier alpha value is -2.03. The number of hydrogen-bond acceptors (Lipinski definition) is 5. The average molecular weight is 321 g/mol. The molecule has 23 heavy (non-hydrogen) atoms. The molecule has 6 nitrogen and oxygen atoms in total. The topological polar surface area (TPSA) is 59.6 Å². The Morgan fingerprint density at radius 1 is 1.26 bits per heavy atom. The average Bonchev–Trinajstić information content (AvgIpc) is 2.89. The molecule has 2 fully saturated rings. The van der Waals surface area contributed by atoms with Crippen LogP contribution in [0.15, 0.2) is 36.0 Å². The fraction of sp³-hybridized carbons (Fsp3) is 0.400. The molecular formula is C15H17F2N5O. The number of hydrogen-bond donors (Lipinski definition) is 3. The third-order valence-corrected chi connectivity index (χ3v) is 4.31. The van der Waals surface area contributed by atoms with Crippen molar-refractivity contribution in [2.24, 2.45) is 0 Å². The molecule has 122 valence electrons. The minimum absolute atomic E-state index is 0.252. The third kappa shape index (κ3) is 2.48. The maximum atomic E-state index is 13.0. The molecule has 1 amide bonds. The van der Waals surface area contributed by atoms with Crippen molar-refractivity contribution in [2.75, 3.05) is 18.1 Å². The van der Waals surface area contributed by atoms with Gasteiger partial charge in [-0.1, -0.05) is 18.2 Å². The van der Waals surface area contributed by atoms with Gasteiger partial charge >= 0.3 is 0 Å². The predicted octanol–water partition coefficient (Wildman–Crippen LogP) is 0.484. The molecule has 2 atom stereocenters. The molecule has 3 heterocycles. The van der Waals surface area contributed by atoms with Crippen LogP contribution in [0.2, 0.25) is 0 Å². The van der Waals surface area contributed by atoms with Crippen LogP contribution in [0.1, 0.15) is 5.56 Å². The molecule has 2 saturated heterocycles. The Bertz CT molecular complexity index is 684. The Morgan fingerprint density at radius 2 is 2.00 bits per heavy atom. The van der Waals surface area contributed by atoms with Crippen LogP contribution in [0.25, 0.3) is 0 Å². The zero-order valence-corrected chi connectivity index (χ0v) is 12.5. The number of nitrogens with one attached hydrogen (secondary N) is 3. The van der Waals surface area contributed by atoms with Crippen LogP contribution >= 0.6 is 0 Å². The number of nitrogens with zero attached hydrogens (tertiary/aromatic N) is 2. The minimum atomic E-state index is -2.67. The molecule has 3 aliphatic heterocycles. The van der Waals surface area contributed by atoms with Crippen molar-refractivity contribution in [2.45, 2.75) is 25.3 Å². The zero-order valence-electron chi connectivity index (χ0n) is 12.5. The number of hydrazine groups is 1. The van der Waals surface area contributed by atoms with Gasteiger partial charge in [0.25, 0.3) is 11.8 Å². The zero-order chi connectivity index (χ0) is 16.2. The summed E-state index contributed by atoms with van der Waals surface area (Å²) in [5, 5.41) is 7.65. The van der Waals surface area contributed by atoms with Gasteiger partial charge in [0.15, 0.2) is 0 Å². The van der Waals surface area contributed by atoms with Crippen molar-refractivity contribution < 1.29 is 13.6 Å². The highest BCUT2D eigenvalue weighted by atomic mass is 19.3. The first kappa shape index (κ1) is 14.6. The molecule has 3 aliphatic rings. The minimum Gasteiger partial charge on any atom is -0.324 e. The molecule has 3 N–H and O–H groups in total. The largest absolute Gasteiger partial charge is 0.324 e. The molecule has 0 radical (unpaired) electrons. The molecule has 8 heteroatoms. The number of anilines is 1. The monoisotopic (exact) mass is 321 g/mol. The van der Waals surface area contributed by atoms with Crippen LogP contribution in [-0.4, -0.2) is 42.3 Å². The van der Waals surface area contributed by atoms with E-state index in [0.29, 0.717) is 5.57 Å². The van der Waals surface area contributed by atoms with E-state index in [4.69, 9.17) is 0 Å². The van der Waals surface area contributed by atoms with Crippen molar-refractivity contribution >= 4 is 11.6 Å².